The zero-order valence-corrected chi connectivity index (χ0v) is 26.4. The molecule has 4 aromatic rings. The highest BCUT2D eigenvalue weighted by molar-refractivity contribution is 6.76. The molecule has 0 aliphatic carbocycles. The second-order valence-electron chi connectivity index (χ2n) is 12.2. The number of aromatic nitrogens is 3. The van der Waals surface area contributed by atoms with Crippen molar-refractivity contribution in [1.82, 2.24) is 14.5 Å². The average molecular weight is 588 g/mol. The average Bonchev–Trinajstić information content (AvgIpc) is 3.42. The lowest BCUT2D eigenvalue weighted by atomic mass is 9.95. The fourth-order valence-electron chi connectivity index (χ4n) is 4.27. The number of benzene rings is 2. The van der Waals surface area contributed by atoms with Gasteiger partial charge in [-0.15, -0.1) is 0 Å². The summed E-state index contributed by atoms with van der Waals surface area (Å²) >= 11 is 0. The first-order valence-corrected chi connectivity index (χ1v) is 17.8. The third-order valence-electron chi connectivity index (χ3n) is 6.92. The zero-order valence-electron chi connectivity index (χ0n) is 25.4. The van der Waals surface area contributed by atoms with E-state index in [0.717, 1.165) is 45.5 Å². The molecule has 2 heterocycles. The smallest absolute Gasteiger partial charge is 0.314 e. The van der Waals surface area contributed by atoms with Gasteiger partial charge in [-0.2, -0.15) is 0 Å². The molecule has 0 spiro atoms. The van der Waals surface area contributed by atoms with Crippen molar-refractivity contribution in [1.29, 1.82) is 0 Å². The third kappa shape index (κ3) is 8.15. The molecule has 8 nitrogen and oxygen atoms in total. The fraction of sp³-hybridized carbons (Fsp3) is 0.364. The summed E-state index contributed by atoms with van der Waals surface area (Å²) in [5, 5.41) is 9.60. The van der Waals surface area contributed by atoms with Gasteiger partial charge in [-0.3, -0.25) is 9.78 Å². The largest absolute Gasteiger partial charge is 0.492 e. The summed E-state index contributed by atoms with van der Waals surface area (Å²) in [6.07, 6.45) is 3.82. The molecule has 0 saturated heterocycles. The van der Waals surface area contributed by atoms with Crippen LogP contribution in [0.4, 0.5) is 0 Å². The SMILES string of the molecule is COC(=O)C(C)(C)COc1ccc(-c2ccc(-c3nc(-c4cccc(CO)c4)cn3COCC[Si](C)(C)C)cn2)cc1. The Hall–Kier alpha value is -3.79. The topological polar surface area (TPSA) is 95.7 Å². The normalized spacial score (nSPS) is 11.9. The van der Waals surface area contributed by atoms with Crippen molar-refractivity contribution in [2.24, 2.45) is 5.41 Å². The number of hydrogen-bond acceptors (Lipinski definition) is 7. The van der Waals surface area contributed by atoms with Crippen LogP contribution in [0.1, 0.15) is 19.4 Å². The highest BCUT2D eigenvalue weighted by atomic mass is 28.3. The van der Waals surface area contributed by atoms with Gasteiger partial charge >= 0.3 is 5.97 Å². The first-order chi connectivity index (χ1) is 20.0. The fourth-order valence-corrected chi connectivity index (χ4v) is 5.03. The van der Waals surface area contributed by atoms with E-state index in [1.54, 1.807) is 13.8 Å². The Morgan fingerprint density at radius 3 is 2.36 bits per heavy atom. The monoisotopic (exact) mass is 587 g/mol. The second-order valence-corrected chi connectivity index (χ2v) is 17.9. The number of esters is 1. The van der Waals surface area contributed by atoms with Gasteiger partial charge in [0.15, 0.2) is 0 Å². The maximum atomic E-state index is 11.9. The van der Waals surface area contributed by atoms with E-state index in [2.05, 4.69) is 19.6 Å². The van der Waals surface area contributed by atoms with Crippen molar-refractivity contribution in [3.05, 3.63) is 78.6 Å². The van der Waals surface area contributed by atoms with Crippen LogP contribution in [0.25, 0.3) is 33.9 Å². The highest BCUT2D eigenvalue weighted by Crippen LogP contribution is 2.28. The van der Waals surface area contributed by atoms with Gasteiger partial charge in [0.1, 0.15) is 24.9 Å². The minimum atomic E-state index is -1.20. The lowest BCUT2D eigenvalue weighted by molar-refractivity contribution is -0.152. The van der Waals surface area contributed by atoms with Crippen LogP contribution >= 0.6 is 0 Å². The van der Waals surface area contributed by atoms with Gasteiger partial charge in [-0.1, -0.05) is 37.8 Å². The summed E-state index contributed by atoms with van der Waals surface area (Å²) in [5.74, 6) is 1.12. The van der Waals surface area contributed by atoms with Gasteiger partial charge in [0, 0.05) is 43.8 Å². The zero-order chi connectivity index (χ0) is 30.3. The highest BCUT2D eigenvalue weighted by Gasteiger charge is 2.29. The van der Waals surface area contributed by atoms with E-state index in [1.807, 2.05) is 77.6 Å². The van der Waals surface area contributed by atoms with Crippen molar-refractivity contribution in [2.75, 3.05) is 20.3 Å². The number of aliphatic hydroxyl groups is 1. The van der Waals surface area contributed by atoms with Crippen molar-refractivity contribution in [3.63, 3.8) is 0 Å². The van der Waals surface area contributed by atoms with Crippen LogP contribution in [0.15, 0.2) is 73.1 Å². The molecular formula is C33H41N3O5Si. The summed E-state index contributed by atoms with van der Waals surface area (Å²) < 4.78 is 18.8. The number of methoxy groups -OCH3 is 1. The summed E-state index contributed by atoms with van der Waals surface area (Å²) in [7, 11) is 0.176. The predicted octanol–water partition coefficient (Wildman–Crippen LogP) is 6.66. The number of ether oxygens (including phenoxy) is 3. The first-order valence-electron chi connectivity index (χ1n) is 14.1. The number of carbonyl (C=O) groups excluding carboxylic acids is 1. The van der Waals surface area contributed by atoms with Crippen LogP contribution in [0.5, 0.6) is 5.75 Å². The molecule has 0 atom stereocenters. The number of hydrogen-bond donors (Lipinski definition) is 1. The van der Waals surface area contributed by atoms with Crippen LogP contribution in [-0.4, -0.2) is 54.0 Å². The predicted molar refractivity (Wildman–Crippen MR) is 168 cm³/mol. The Bertz CT molecular complexity index is 1480. The van der Waals surface area contributed by atoms with Gasteiger partial charge in [0.25, 0.3) is 0 Å². The molecule has 2 aromatic carbocycles. The van der Waals surface area contributed by atoms with Gasteiger partial charge in [-0.25, -0.2) is 4.98 Å². The van der Waals surface area contributed by atoms with Crippen LogP contribution in [0, 0.1) is 5.41 Å². The lowest BCUT2D eigenvalue weighted by Crippen LogP contribution is -2.32. The maximum absolute atomic E-state index is 11.9. The molecule has 0 aliphatic rings. The number of aliphatic hydroxyl groups excluding tert-OH is 1. The molecule has 0 aliphatic heterocycles. The Labute approximate surface area is 249 Å². The molecule has 2 aromatic heterocycles. The van der Waals surface area contributed by atoms with Gasteiger partial charge in [0.05, 0.1) is 30.5 Å². The van der Waals surface area contributed by atoms with E-state index in [-0.39, 0.29) is 19.2 Å². The van der Waals surface area contributed by atoms with Gasteiger partial charge in [-0.05, 0) is 67.9 Å². The van der Waals surface area contributed by atoms with Crippen LogP contribution in [-0.2, 0) is 27.6 Å². The second kappa shape index (κ2) is 13.5. The Morgan fingerprint density at radius 2 is 1.71 bits per heavy atom. The number of carbonyl (C=O) groups is 1. The molecular weight excluding hydrogens is 546 g/mol. The van der Waals surface area contributed by atoms with Crippen molar-refractivity contribution in [2.45, 2.75) is 52.9 Å². The van der Waals surface area contributed by atoms with E-state index in [0.29, 0.717) is 19.1 Å². The number of pyridine rings is 1. The summed E-state index contributed by atoms with van der Waals surface area (Å²) in [6, 6.07) is 20.5. The quantitative estimate of drug-likeness (QED) is 0.106. The van der Waals surface area contributed by atoms with Crippen molar-refractivity contribution < 1.29 is 24.1 Å². The molecule has 0 saturated carbocycles. The molecule has 0 radical (unpaired) electrons. The van der Waals surface area contributed by atoms with Crippen LogP contribution in [0.2, 0.25) is 25.7 Å². The van der Waals surface area contributed by atoms with Gasteiger partial charge in [0.2, 0.25) is 0 Å². The van der Waals surface area contributed by atoms with Crippen LogP contribution in [0.3, 0.4) is 0 Å². The number of imidazole rings is 1. The minimum Gasteiger partial charge on any atom is -0.492 e. The molecule has 9 heteroatoms. The van der Waals surface area contributed by atoms with E-state index in [4.69, 9.17) is 24.2 Å². The first kappa shape index (κ1) is 31.1. The number of nitrogens with zero attached hydrogens (tertiary/aromatic N) is 3. The lowest BCUT2D eigenvalue weighted by Gasteiger charge is -2.21. The molecule has 1 N–H and O–H groups in total. The Balaban J connectivity index is 1.53. The number of rotatable bonds is 13. The van der Waals surface area contributed by atoms with E-state index in [9.17, 15) is 9.90 Å². The minimum absolute atomic E-state index is 0.0226. The van der Waals surface area contributed by atoms with Gasteiger partial charge < -0.3 is 23.9 Å². The summed E-state index contributed by atoms with van der Waals surface area (Å²) in [5.41, 5.74) is 4.49. The van der Waals surface area contributed by atoms with Crippen LogP contribution < -0.4 is 4.74 Å². The molecule has 42 heavy (non-hydrogen) atoms. The molecule has 0 fully saturated rings. The molecule has 0 amide bonds. The Morgan fingerprint density at radius 1 is 0.976 bits per heavy atom. The molecule has 0 bridgehead atoms. The summed E-state index contributed by atoms with van der Waals surface area (Å²) in [6.45, 7) is 11.9. The third-order valence-corrected chi connectivity index (χ3v) is 8.62. The summed E-state index contributed by atoms with van der Waals surface area (Å²) in [4.78, 5) is 21.6. The van der Waals surface area contributed by atoms with Crippen molar-refractivity contribution >= 4 is 14.0 Å². The molecule has 222 valence electrons. The molecule has 0 unspecified atom stereocenters. The Kier molecular flexibility index (Phi) is 9.98. The van der Waals surface area contributed by atoms with Crippen molar-refractivity contribution in [3.8, 4) is 39.7 Å². The maximum Gasteiger partial charge on any atom is 0.314 e. The van der Waals surface area contributed by atoms with E-state index >= 15 is 0 Å². The van der Waals surface area contributed by atoms with E-state index in [1.165, 1.54) is 7.11 Å². The van der Waals surface area contributed by atoms with E-state index < -0.39 is 13.5 Å². The molecule has 4 rings (SSSR count). The standard InChI is InChI=1S/C33H41N3O5Si/c1-33(2,32(38)39-3)22-41-28-13-10-25(11-14-28)29-15-12-27(19-34-29)31-35-30(26-9-7-8-24(18-26)21-37)20-36(31)23-40-16-17-42(4,5)6/h7-15,18-20,37H,16-17,21-23H2,1-6H3.